The Morgan fingerprint density at radius 1 is 1.11 bits per heavy atom. The molecule has 0 spiro atoms. The van der Waals surface area contributed by atoms with Gasteiger partial charge in [-0.2, -0.15) is 0 Å². The number of aromatic nitrogens is 2. The maximum absolute atomic E-state index is 5.84. The molecule has 0 amide bonds. The highest BCUT2D eigenvalue weighted by atomic mass is 15.1. The van der Waals surface area contributed by atoms with Crippen LogP contribution in [0, 0.1) is 5.92 Å². The second kappa shape index (κ2) is 5.12. The van der Waals surface area contributed by atoms with Crippen molar-refractivity contribution in [2.24, 2.45) is 5.92 Å². The van der Waals surface area contributed by atoms with Crippen molar-refractivity contribution in [3.63, 3.8) is 0 Å². The van der Waals surface area contributed by atoms with Crippen molar-refractivity contribution in [2.45, 2.75) is 50.9 Å². The quantitative estimate of drug-likeness (QED) is 0.857. The van der Waals surface area contributed by atoms with E-state index in [1.807, 2.05) is 6.07 Å². The third-order valence-electron chi connectivity index (χ3n) is 4.00. The summed E-state index contributed by atoms with van der Waals surface area (Å²) in [6.45, 7) is 1.03. The fraction of sp³-hybridized carbons (Fsp3) is 0.714. The zero-order valence-electron chi connectivity index (χ0n) is 10.9. The number of anilines is 2. The fourth-order valence-electron chi connectivity index (χ4n) is 2.74. The van der Waals surface area contributed by atoms with Gasteiger partial charge in [0, 0.05) is 18.5 Å². The lowest BCUT2D eigenvalue weighted by atomic mass is 9.89. The Morgan fingerprint density at radius 3 is 2.61 bits per heavy atom. The molecule has 4 nitrogen and oxygen atoms in total. The molecule has 2 saturated carbocycles. The summed E-state index contributed by atoms with van der Waals surface area (Å²) in [5.74, 6) is 3.80. The molecule has 0 unspecified atom stereocenters. The molecule has 98 valence electrons. The Morgan fingerprint density at radius 2 is 1.89 bits per heavy atom. The molecule has 0 aliphatic heterocycles. The smallest absolute Gasteiger partial charge is 0.136 e. The molecule has 0 saturated heterocycles. The lowest BCUT2D eigenvalue weighted by Gasteiger charge is -2.22. The molecule has 1 heterocycles. The molecule has 3 N–H and O–H groups in total. The van der Waals surface area contributed by atoms with Crippen LogP contribution in [-0.2, 0) is 0 Å². The van der Waals surface area contributed by atoms with E-state index in [1.165, 1.54) is 44.9 Å². The van der Waals surface area contributed by atoms with Gasteiger partial charge in [-0.25, -0.2) is 9.97 Å². The van der Waals surface area contributed by atoms with Gasteiger partial charge in [0.2, 0.25) is 0 Å². The van der Waals surface area contributed by atoms with Crippen LogP contribution in [0.2, 0.25) is 0 Å². The predicted molar refractivity (Wildman–Crippen MR) is 73.5 cm³/mol. The molecular formula is C14H22N4. The molecule has 2 aliphatic carbocycles. The number of nitrogens with zero attached hydrogens (tertiary/aromatic N) is 2. The first-order valence-corrected chi connectivity index (χ1v) is 7.19. The number of nitrogen functional groups attached to an aromatic ring is 1. The van der Waals surface area contributed by atoms with E-state index < -0.39 is 0 Å². The van der Waals surface area contributed by atoms with Gasteiger partial charge in [0.1, 0.15) is 17.5 Å². The second-order valence-electron chi connectivity index (χ2n) is 5.70. The minimum atomic E-state index is 0.559. The molecule has 2 aliphatic rings. The molecule has 3 rings (SSSR count). The molecule has 0 radical (unpaired) electrons. The monoisotopic (exact) mass is 246 g/mol. The minimum absolute atomic E-state index is 0.559. The summed E-state index contributed by atoms with van der Waals surface area (Å²) in [4.78, 5) is 8.90. The maximum Gasteiger partial charge on any atom is 0.136 e. The summed E-state index contributed by atoms with van der Waals surface area (Å²) in [5, 5.41) is 3.45. The Labute approximate surface area is 108 Å². The van der Waals surface area contributed by atoms with Gasteiger partial charge in [-0.15, -0.1) is 0 Å². The van der Waals surface area contributed by atoms with Gasteiger partial charge in [0.05, 0.1) is 0 Å². The van der Waals surface area contributed by atoms with Crippen LogP contribution in [0.5, 0.6) is 0 Å². The van der Waals surface area contributed by atoms with Crippen molar-refractivity contribution in [2.75, 3.05) is 17.6 Å². The van der Waals surface area contributed by atoms with Crippen molar-refractivity contribution in [1.82, 2.24) is 9.97 Å². The predicted octanol–water partition coefficient (Wildman–Crippen LogP) is 2.93. The maximum atomic E-state index is 5.84. The van der Waals surface area contributed by atoms with Crippen LogP contribution in [0.4, 0.5) is 11.6 Å². The van der Waals surface area contributed by atoms with Crippen LogP contribution in [0.25, 0.3) is 0 Å². The molecule has 0 aromatic carbocycles. The number of hydrogen-bond acceptors (Lipinski definition) is 4. The van der Waals surface area contributed by atoms with Crippen molar-refractivity contribution >= 4 is 11.6 Å². The zero-order chi connectivity index (χ0) is 12.4. The van der Waals surface area contributed by atoms with Crippen molar-refractivity contribution in [1.29, 1.82) is 0 Å². The molecular weight excluding hydrogens is 224 g/mol. The van der Waals surface area contributed by atoms with Crippen LogP contribution in [-0.4, -0.2) is 16.5 Å². The number of nitrogens with two attached hydrogens (primary N) is 1. The van der Waals surface area contributed by atoms with Gasteiger partial charge in [0.25, 0.3) is 0 Å². The zero-order valence-corrected chi connectivity index (χ0v) is 10.9. The lowest BCUT2D eigenvalue weighted by molar-refractivity contribution is 0.373. The average Bonchev–Trinajstić information content (AvgIpc) is 3.21. The number of rotatable bonds is 4. The minimum Gasteiger partial charge on any atom is -0.384 e. The van der Waals surface area contributed by atoms with Crippen LogP contribution in [0.1, 0.15) is 56.7 Å². The Hall–Kier alpha value is -1.32. The van der Waals surface area contributed by atoms with E-state index >= 15 is 0 Å². The van der Waals surface area contributed by atoms with E-state index in [4.69, 9.17) is 5.73 Å². The van der Waals surface area contributed by atoms with E-state index in [1.54, 1.807) is 0 Å². The topological polar surface area (TPSA) is 63.8 Å². The average molecular weight is 246 g/mol. The van der Waals surface area contributed by atoms with Gasteiger partial charge in [-0.1, -0.05) is 19.3 Å². The van der Waals surface area contributed by atoms with E-state index in [0.29, 0.717) is 11.7 Å². The Balaban J connectivity index is 1.60. The summed E-state index contributed by atoms with van der Waals surface area (Å²) in [6.07, 6.45) is 9.29. The molecule has 0 atom stereocenters. The van der Waals surface area contributed by atoms with Gasteiger partial charge in [-0.3, -0.25) is 0 Å². The van der Waals surface area contributed by atoms with Crippen molar-refractivity contribution < 1.29 is 0 Å². The third-order valence-corrected chi connectivity index (χ3v) is 4.00. The Kier molecular flexibility index (Phi) is 3.35. The number of hydrogen-bond donors (Lipinski definition) is 2. The van der Waals surface area contributed by atoms with Gasteiger partial charge in [0.15, 0.2) is 0 Å². The molecule has 18 heavy (non-hydrogen) atoms. The third kappa shape index (κ3) is 2.92. The summed E-state index contributed by atoms with van der Waals surface area (Å²) >= 11 is 0. The highest BCUT2D eigenvalue weighted by Gasteiger charge is 2.27. The SMILES string of the molecule is Nc1cc(NCC2CCCCC2)nc(C2CC2)n1. The first kappa shape index (κ1) is 11.8. The molecule has 1 aromatic rings. The van der Waals surface area contributed by atoms with E-state index in [2.05, 4.69) is 15.3 Å². The molecule has 1 aromatic heterocycles. The van der Waals surface area contributed by atoms with Gasteiger partial charge < -0.3 is 11.1 Å². The summed E-state index contributed by atoms with van der Waals surface area (Å²) in [7, 11) is 0. The summed E-state index contributed by atoms with van der Waals surface area (Å²) in [5.41, 5.74) is 5.84. The molecule has 2 fully saturated rings. The van der Waals surface area contributed by atoms with Crippen LogP contribution in [0.15, 0.2) is 6.07 Å². The summed E-state index contributed by atoms with van der Waals surface area (Å²) < 4.78 is 0. The van der Waals surface area contributed by atoms with Crippen molar-refractivity contribution in [3.05, 3.63) is 11.9 Å². The van der Waals surface area contributed by atoms with Crippen LogP contribution in [0.3, 0.4) is 0 Å². The highest BCUT2D eigenvalue weighted by Crippen LogP contribution is 2.38. The van der Waals surface area contributed by atoms with E-state index in [9.17, 15) is 0 Å². The van der Waals surface area contributed by atoms with Crippen LogP contribution < -0.4 is 11.1 Å². The highest BCUT2D eigenvalue weighted by molar-refractivity contribution is 5.45. The largest absolute Gasteiger partial charge is 0.384 e. The van der Waals surface area contributed by atoms with E-state index in [0.717, 1.165) is 24.1 Å². The summed E-state index contributed by atoms with van der Waals surface area (Å²) in [6, 6.07) is 1.86. The van der Waals surface area contributed by atoms with Gasteiger partial charge >= 0.3 is 0 Å². The fourth-order valence-corrected chi connectivity index (χ4v) is 2.74. The second-order valence-corrected chi connectivity index (χ2v) is 5.70. The molecule has 0 bridgehead atoms. The van der Waals surface area contributed by atoms with Gasteiger partial charge in [-0.05, 0) is 31.6 Å². The van der Waals surface area contributed by atoms with Crippen molar-refractivity contribution in [3.8, 4) is 0 Å². The first-order valence-electron chi connectivity index (χ1n) is 7.19. The Bertz CT molecular complexity index is 408. The lowest BCUT2D eigenvalue weighted by Crippen LogP contribution is -2.18. The molecule has 4 heteroatoms. The van der Waals surface area contributed by atoms with E-state index in [-0.39, 0.29) is 0 Å². The number of nitrogens with one attached hydrogen (secondary N) is 1. The normalized spacial score (nSPS) is 20.9. The first-order chi connectivity index (χ1) is 8.81. The van der Waals surface area contributed by atoms with Crippen LogP contribution >= 0.6 is 0 Å². The standard InChI is InChI=1S/C14H22N4/c15-12-8-13(18-14(17-12)11-6-7-11)16-9-10-4-2-1-3-5-10/h8,10-11H,1-7,9H2,(H3,15,16,17,18).